The summed E-state index contributed by atoms with van der Waals surface area (Å²) < 4.78 is 28.7. The normalized spacial score (nSPS) is 22.7. The van der Waals surface area contributed by atoms with E-state index in [2.05, 4.69) is 0 Å². The fraction of sp³-hybridized carbons (Fsp3) is 0.909. The van der Waals surface area contributed by atoms with E-state index in [0.717, 1.165) is 6.42 Å². The first-order valence-electron chi connectivity index (χ1n) is 6.22. The van der Waals surface area contributed by atoms with Crippen LogP contribution in [-0.2, 0) is 19.4 Å². The van der Waals surface area contributed by atoms with Crippen LogP contribution in [0.2, 0.25) is 0 Å². The molecule has 1 rings (SSSR count). The summed E-state index contributed by atoms with van der Waals surface area (Å²) in [7, 11) is -1.74. The van der Waals surface area contributed by atoms with Crippen LogP contribution in [0.25, 0.3) is 0 Å². The molecule has 0 aromatic rings. The van der Waals surface area contributed by atoms with Gasteiger partial charge in [-0.25, -0.2) is 8.42 Å². The Balaban J connectivity index is 2.74. The second-order valence-corrected chi connectivity index (χ2v) is 6.76. The quantitative estimate of drug-likeness (QED) is 0.700. The zero-order valence-electron chi connectivity index (χ0n) is 10.8. The number of ether oxygens (including phenoxy) is 1. The van der Waals surface area contributed by atoms with Crippen molar-refractivity contribution in [3.8, 4) is 0 Å². The Morgan fingerprint density at radius 3 is 2.67 bits per heavy atom. The Hall–Kier alpha value is -0.660. The molecule has 1 amide bonds. The Kier molecular flexibility index (Phi) is 6.04. The Morgan fingerprint density at radius 1 is 1.39 bits per heavy atom. The zero-order chi connectivity index (χ0) is 13.6. The summed E-state index contributed by atoms with van der Waals surface area (Å²) in [4.78, 5) is 13.7. The maximum atomic E-state index is 12.2. The van der Waals surface area contributed by atoms with Gasteiger partial charge in [-0.1, -0.05) is 6.42 Å². The molecule has 6 nitrogen and oxygen atoms in total. The van der Waals surface area contributed by atoms with Crippen LogP contribution in [0.15, 0.2) is 0 Å². The van der Waals surface area contributed by atoms with E-state index in [9.17, 15) is 13.2 Å². The van der Waals surface area contributed by atoms with Crippen molar-refractivity contribution < 1.29 is 17.9 Å². The first-order valence-corrected chi connectivity index (χ1v) is 7.94. The van der Waals surface area contributed by atoms with Crippen LogP contribution < -0.4 is 5.73 Å². The van der Waals surface area contributed by atoms with Crippen LogP contribution in [0.4, 0.5) is 0 Å². The molecule has 0 aliphatic carbocycles. The Bertz CT molecular complexity index is 369. The zero-order valence-corrected chi connectivity index (χ0v) is 11.6. The molecule has 1 atom stereocenters. The van der Waals surface area contributed by atoms with Gasteiger partial charge in [0, 0.05) is 26.7 Å². The van der Waals surface area contributed by atoms with Gasteiger partial charge in [-0.3, -0.25) is 4.79 Å². The summed E-state index contributed by atoms with van der Waals surface area (Å²) in [6.07, 6.45) is 1.87. The van der Waals surface area contributed by atoms with Crippen molar-refractivity contribution in [1.29, 1.82) is 0 Å². The van der Waals surface area contributed by atoms with E-state index >= 15 is 0 Å². The first kappa shape index (κ1) is 15.4. The lowest BCUT2D eigenvalue weighted by Gasteiger charge is -2.28. The molecule has 106 valence electrons. The molecule has 1 unspecified atom stereocenters. The molecule has 0 spiro atoms. The number of rotatable bonds is 6. The Labute approximate surface area is 108 Å². The maximum Gasteiger partial charge on any atom is 0.241 e. The van der Waals surface area contributed by atoms with Crippen molar-refractivity contribution in [3.63, 3.8) is 0 Å². The molecule has 1 aliphatic heterocycles. The topological polar surface area (TPSA) is 89.7 Å². The second kappa shape index (κ2) is 7.06. The molecule has 0 aromatic heterocycles. The number of methoxy groups -OCH3 is 1. The van der Waals surface area contributed by atoms with Crippen molar-refractivity contribution in [3.05, 3.63) is 0 Å². The highest BCUT2D eigenvalue weighted by Gasteiger charge is 2.37. The van der Waals surface area contributed by atoms with Crippen LogP contribution >= 0.6 is 0 Å². The van der Waals surface area contributed by atoms with Crippen molar-refractivity contribution in [2.75, 3.05) is 39.1 Å². The van der Waals surface area contributed by atoms with Crippen molar-refractivity contribution in [2.24, 2.45) is 5.73 Å². The van der Waals surface area contributed by atoms with E-state index < -0.39 is 15.1 Å². The summed E-state index contributed by atoms with van der Waals surface area (Å²) in [5, 5.41) is -0.880. The number of sulfone groups is 1. The monoisotopic (exact) mass is 278 g/mol. The molecular weight excluding hydrogens is 256 g/mol. The highest BCUT2D eigenvalue weighted by molar-refractivity contribution is 7.92. The van der Waals surface area contributed by atoms with Gasteiger partial charge in [0.15, 0.2) is 9.84 Å². The highest BCUT2D eigenvalue weighted by Crippen LogP contribution is 2.21. The molecule has 2 N–H and O–H groups in total. The highest BCUT2D eigenvalue weighted by atomic mass is 32.2. The van der Waals surface area contributed by atoms with Gasteiger partial charge in [0.25, 0.3) is 0 Å². The van der Waals surface area contributed by atoms with Gasteiger partial charge in [-0.2, -0.15) is 0 Å². The number of carbonyl (C=O) groups excluding carboxylic acids is 1. The summed E-state index contributed by atoms with van der Waals surface area (Å²) >= 11 is 0. The summed E-state index contributed by atoms with van der Waals surface area (Å²) in [6, 6.07) is 0. The van der Waals surface area contributed by atoms with E-state index in [0.29, 0.717) is 39.1 Å². The lowest BCUT2D eigenvalue weighted by atomic mass is 10.1. The molecule has 1 aliphatic rings. The van der Waals surface area contributed by atoms with Crippen LogP contribution in [0.1, 0.15) is 19.3 Å². The number of nitrogens with zero attached hydrogens (tertiary/aromatic N) is 1. The summed E-state index contributed by atoms with van der Waals surface area (Å²) in [5.41, 5.74) is 5.45. The predicted octanol–water partition coefficient (Wildman–Crippen LogP) is -0.613. The third-order valence-electron chi connectivity index (χ3n) is 3.13. The molecule has 1 saturated heterocycles. The van der Waals surface area contributed by atoms with Crippen LogP contribution in [0.5, 0.6) is 0 Å². The summed E-state index contributed by atoms with van der Waals surface area (Å²) in [5.74, 6) is -0.207. The van der Waals surface area contributed by atoms with Gasteiger partial charge in [0.2, 0.25) is 5.91 Å². The first-order chi connectivity index (χ1) is 8.53. The van der Waals surface area contributed by atoms with E-state index in [1.807, 2.05) is 0 Å². The third-order valence-corrected chi connectivity index (χ3v) is 5.29. The minimum atomic E-state index is -3.28. The summed E-state index contributed by atoms with van der Waals surface area (Å²) in [6.45, 7) is 1.47. The van der Waals surface area contributed by atoms with Gasteiger partial charge >= 0.3 is 0 Å². The molecule has 1 heterocycles. The smallest absolute Gasteiger partial charge is 0.241 e. The van der Waals surface area contributed by atoms with Gasteiger partial charge in [0.05, 0.1) is 12.4 Å². The number of nitrogens with two attached hydrogens (primary N) is 1. The van der Waals surface area contributed by atoms with Gasteiger partial charge in [-0.15, -0.1) is 0 Å². The van der Waals surface area contributed by atoms with Gasteiger partial charge in [-0.05, 0) is 12.8 Å². The van der Waals surface area contributed by atoms with Crippen LogP contribution in [0, 0.1) is 0 Å². The second-order valence-electron chi connectivity index (χ2n) is 4.46. The molecule has 0 radical (unpaired) electrons. The average molecular weight is 278 g/mol. The van der Waals surface area contributed by atoms with Crippen LogP contribution in [0.3, 0.4) is 0 Å². The lowest BCUT2D eigenvalue weighted by Crippen LogP contribution is -2.47. The van der Waals surface area contributed by atoms with Crippen molar-refractivity contribution in [1.82, 2.24) is 4.90 Å². The minimum absolute atomic E-state index is 0.115. The number of hydrogen-bond donors (Lipinski definition) is 1. The lowest BCUT2D eigenvalue weighted by molar-refractivity contribution is -0.131. The molecule has 0 bridgehead atoms. The van der Waals surface area contributed by atoms with Crippen molar-refractivity contribution >= 4 is 15.7 Å². The number of carbonyl (C=O) groups is 1. The molecular formula is C11H22N2O4S. The maximum absolute atomic E-state index is 12.2. The predicted molar refractivity (Wildman–Crippen MR) is 68.9 cm³/mol. The van der Waals surface area contributed by atoms with E-state index in [1.165, 1.54) is 4.90 Å². The van der Waals surface area contributed by atoms with Gasteiger partial charge < -0.3 is 15.4 Å². The average Bonchev–Trinajstić information content (AvgIpc) is 2.33. The van der Waals surface area contributed by atoms with Gasteiger partial charge in [0.1, 0.15) is 5.25 Å². The SMILES string of the molecule is COCCN(CCN)C(=O)C1CCCCS1(=O)=O. The molecule has 0 saturated carbocycles. The molecule has 0 aromatic carbocycles. The molecule has 7 heteroatoms. The number of amides is 1. The van der Waals surface area contributed by atoms with E-state index in [-0.39, 0.29) is 11.7 Å². The third kappa shape index (κ3) is 3.93. The largest absolute Gasteiger partial charge is 0.383 e. The standard InChI is InChI=1S/C11H22N2O4S/c1-17-8-7-13(6-5-12)11(14)10-4-2-3-9-18(10,15)16/h10H,2-9,12H2,1H3. The number of hydrogen-bond acceptors (Lipinski definition) is 5. The van der Waals surface area contributed by atoms with Crippen molar-refractivity contribution in [2.45, 2.75) is 24.5 Å². The van der Waals surface area contributed by atoms with E-state index in [4.69, 9.17) is 10.5 Å². The Morgan fingerprint density at radius 2 is 2.11 bits per heavy atom. The van der Waals surface area contributed by atoms with Crippen LogP contribution in [-0.4, -0.2) is 63.6 Å². The minimum Gasteiger partial charge on any atom is -0.383 e. The fourth-order valence-electron chi connectivity index (χ4n) is 2.13. The fourth-order valence-corrected chi connectivity index (χ4v) is 4.00. The molecule has 1 fully saturated rings. The van der Waals surface area contributed by atoms with E-state index in [1.54, 1.807) is 7.11 Å². The molecule has 18 heavy (non-hydrogen) atoms.